The first-order chi connectivity index (χ1) is 10.2. The number of aryl methyl sites for hydroxylation is 1. The third-order valence-electron chi connectivity index (χ3n) is 4.94. The summed E-state index contributed by atoms with van der Waals surface area (Å²) in [4.78, 5) is 2.76. The van der Waals surface area contributed by atoms with E-state index in [0.29, 0.717) is 12.1 Å². The number of benzene rings is 1. The lowest BCUT2D eigenvalue weighted by Gasteiger charge is -2.41. The van der Waals surface area contributed by atoms with Gasteiger partial charge in [-0.3, -0.25) is 4.90 Å². The van der Waals surface area contributed by atoms with E-state index < -0.39 is 0 Å². The monoisotopic (exact) mass is 288 g/mol. The van der Waals surface area contributed by atoms with E-state index in [9.17, 15) is 0 Å². The highest BCUT2D eigenvalue weighted by atomic mass is 15.2. The zero-order chi connectivity index (χ0) is 15.2. The van der Waals surface area contributed by atoms with Gasteiger partial charge >= 0.3 is 0 Å². The number of rotatable bonds is 6. The van der Waals surface area contributed by atoms with E-state index in [2.05, 4.69) is 49.9 Å². The van der Waals surface area contributed by atoms with E-state index in [1.165, 1.54) is 56.2 Å². The molecule has 1 unspecified atom stereocenters. The molecule has 1 aromatic carbocycles. The molecule has 0 aromatic heterocycles. The number of hydrogen-bond donors (Lipinski definition) is 1. The summed E-state index contributed by atoms with van der Waals surface area (Å²) >= 11 is 0. The Morgan fingerprint density at radius 2 is 1.71 bits per heavy atom. The maximum absolute atomic E-state index is 6.09. The fraction of sp³-hybridized carbons (Fsp3) is 0.684. The molecule has 1 aromatic rings. The van der Waals surface area contributed by atoms with Crippen molar-refractivity contribution in [1.82, 2.24) is 4.90 Å². The fourth-order valence-electron chi connectivity index (χ4n) is 3.73. The van der Waals surface area contributed by atoms with Gasteiger partial charge in [-0.1, -0.05) is 43.7 Å². The van der Waals surface area contributed by atoms with Gasteiger partial charge in [0.15, 0.2) is 0 Å². The predicted octanol–water partition coefficient (Wildman–Crippen LogP) is 4.43. The molecule has 1 atom stereocenters. The van der Waals surface area contributed by atoms with E-state index in [1.807, 2.05) is 0 Å². The van der Waals surface area contributed by atoms with E-state index in [4.69, 9.17) is 5.73 Å². The lowest BCUT2D eigenvalue weighted by molar-refractivity contribution is 0.0962. The van der Waals surface area contributed by atoms with Crippen molar-refractivity contribution in [3.8, 4) is 0 Å². The molecule has 2 N–H and O–H groups in total. The van der Waals surface area contributed by atoms with Crippen molar-refractivity contribution in [1.29, 1.82) is 0 Å². The molecule has 1 aliphatic carbocycles. The summed E-state index contributed by atoms with van der Waals surface area (Å²) in [6.45, 7) is 7.98. The summed E-state index contributed by atoms with van der Waals surface area (Å²) in [5, 5.41) is 0. The standard InChI is InChI=1S/C19H32N2/c1-4-14-21(18-12-10-17(20)11-13-18)19(5-2)16-8-6-15(3)7-9-16/h6-9,17-19H,4-5,10-14,20H2,1-3H3. The molecular weight excluding hydrogens is 256 g/mol. The second-order valence-corrected chi connectivity index (χ2v) is 6.64. The van der Waals surface area contributed by atoms with Crippen molar-refractivity contribution in [2.75, 3.05) is 6.54 Å². The van der Waals surface area contributed by atoms with Crippen molar-refractivity contribution in [2.45, 2.75) is 77.4 Å². The Labute approximate surface area is 130 Å². The second kappa shape index (κ2) is 7.95. The number of nitrogens with two attached hydrogens (primary N) is 1. The van der Waals surface area contributed by atoms with Crippen LogP contribution in [0.15, 0.2) is 24.3 Å². The fourth-order valence-corrected chi connectivity index (χ4v) is 3.73. The van der Waals surface area contributed by atoms with Crippen LogP contribution in [0.1, 0.15) is 69.5 Å². The number of hydrogen-bond acceptors (Lipinski definition) is 2. The summed E-state index contributed by atoms with van der Waals surface area (Å²) in [6.07, 6.45) is 7.33. The Morgan fingerprint density at radius 1 is 1.10 bits per heavy atom. The maximum Gasteiger partial charge on any atom is 0.0348 e. The van der Waals surface area contributed by atoms with E-state index in [1.54, 1.807) is 0 Å². The molecule has 0 aliphatic heterocycles. The van der Waals surface area contributed by atoms with Gasteiger partial charge in [0.2, 0.25) is 0 Å². The van der Waals surface area contributed by atoms with Crippen LogP contribution in [0.5, 0.6) is 0 Å². The van der Waals surface area contributed by atoms with E-state index >= 15 is 0 Å². The summed E-state index contributed by atoms with van der Waals surface area (Å²) < 4.78 is 0. The smallest absolute Gasteiger partial charge is 0.0348 e. The molecular formula is C19H32N2. The van der Waals surface area contributed by atoms with Crippen molar-refractivity contribution >= 4 is 0 Å². The van der Waals surface area contributed by atoms with Crippen molar-refractivity contribution in [2.24, 2.45) is 5.73 Å². The minimum Gasteiger partial charge on any atom is -0.328 e. The third kappa shape index (κ3) is 4.31. The van der Waals surface area contributed by atoms with Gasteiger partial charge in [0.1, 0.15) is 0 Å². The first-order valence-corrected chi connectivity index (χ1v) is 8.73. The second-order valence-electron chi connectivity index (χ2n) is 6.64. The van der Waals surface area contributed by atoms with Gasteiger partial charge < -0.3 is 5.73 Å². The van der Waals surface area contributed by atoms with E-state index in [-0.39, 0.29) is 0 Å². The van der Waals surface area contributed by atoms with Crippen LogP contribution in [0.4, 0.5) is 0 Å². The van der Waals surface area contributed by atoms with Crippen LogP contribution < -0.4 is 5.73 Å². The molecule has 1 saturated carbocycles. The SMILES string of the molecule is CCCN(C1CCC(N)CC1)C(CC)c1ccc(C)cc1. The number of nitrogens with zero attached hydrogens (tertiary/aromatic N) is 1. The van der Waals surface area contributed by atoms with Crippen LogP contribution in [0, 0.1) is 6.92 Å². The first kappa shape index (κ1) is 16.5. The summed E-state index contributed by atoms with van der Waals surface area (Å²) in [7, 11) is 0. The molecule has 2 rings (SSSR count). The average molecular weight is 288 g/mol. The molecule has 118 valence electrons. The highest BCUT2D eigenvalue weighted by molar-refractivity contribution is 5.24. The Bertz CT molecular complexity index is 404. The molecule has 2 nitrogen and oxygen atoms in total. The topological polar surface area (TPSA) is 29.3 Å². The average Bonchev–Trinajstić information content (AvgIpc) is 2.50. The van der Waals surface area contributed by atoms with Crippen LogP contribution in [0.2, 0.25) is 0 Å². The molecule has 1 aliphatic rings. The first-order valence-electron chi connectivity index (χ1n) is 8.73. The highest BCUT2D eigenvalue weighted by Crippen LogP contribution is 2.32. The molecule has 2 heteroatoms. The largest absolute Gasteiger partial charge is 0.328 e. The van der Waals surface area contributed by atoms with Gasteiger partial charge in [-0.15, -0.1) is 0 Å². The molecule has 0 heterocycles. The zero-order valence-corrected chi connectivity index (χ0v) is 14.0. The molecule has 0 amide bonds. The lowest BCUT2D eigenvalue weighted by Crippen LogP contribution is -2.43. The normalized spacial score (nSPS) is 24.2. The quantitative estimate of drug-likeness (QED) is 0.839. The molecule has 0 bridgehead atoms. The van der Waals surface area contributed by atoms with Gasteiger partial charge in [-0.2, -0.15) is 0 Å². The Hall–Kier alpha value is -0.860. The van der Waals surface area contributed by atoms with Gasteiger partial charge in [-0.05, 0) is 57.6 Å². The predicted molar refractivity (Wildman–Crippen MR) is 91.4 cm³/mol. The Morgan fingerprint density at radius 3 is 2.24 bits per heavy atom. The maximum atomic E-state index is 6.09. The Balaban J connectivity index is 2.15. The van der Waals surface area contributed by atoms with Crippen molar-refractivity contribution in [3.63, 3.8) is 0 Å². The van der Waals surface area contributed by atoms with Gasteiger partial charge in [0, 0.05) is 18.1 Å². The minimum atomic E-state index is 0.434. The van der Waals surface area contributed by atoms with Crippen LogP contribution >= 0.6 is 0 Å². The summed E-state index contributed by atoms with van der Waals surface area (Å²) in [5.74, 6) is 0. The molecule has 0 spiro atoms. The third-order valence-corrected chi connectivity index (χ3v) is 4.94. The molecule has 0 radical (unpaired) electrons. The van der Waals surface area contributed by atoms with E-state index in [0.717, 1.165) is 6.04 Å². The van der Waals surface area contributed by atoms with Gasteiger partial charge in [0.05, 0.1) is 0 Å². The summed E-state index contributed by atoms with van der Waals surface area (Å²) in [5.41, 5.74) is 8.91. The molecule has 1 fully saturated rings. The minimum absolute atomic E-state index is 0.434. The van der Waals surface area contributed by atoms with Gasteiger partial charge in [0.25, 0.3) is 0 Å². The Kier molecular flexibility index (Phi) is 6.25. The van der Waals surface area contributed by atoms with Gasteiger partial charge in [-0.25, -0.2) is 0 Å². The molecule has 0 saturated heterocycles. The van der Waals surface area contributed by atoms with Crippen LogP contribution in [0.25, 0.3) is 0 Å². The van der Waals surface area contributed by atoms with Crippen molar-refractivity contribution < 1.29 is 0 Å². The molecule has 21 heavy (non-hydrogen) atoms. The summed E-state index contributed by atoms with van der Waals surface area (Å²) in [6, 6.07) is 10.9. The highest BCUT2D eigenvalue weighted by Gasteiger charge is 2.28. The van der Waals surface area contributed by atoms with Crippen LogP contribution in [0.3, 0.4) is 0 Å². The van der Waals surface area contributed by atoms with Crippen LogP contribution in [-0.4, -0.2) is 23.5 Å². The zero-order valence-electron chi connectivity index (χ0n) is 14.0. The van der Waals surface area contributed by atoms with Crippen LogP contribution in [-0.2, 0) is 0 Å². The lowest BCUT2D eigenvalue weighted by atomic mass is 9.88. The van der Waals surface area contributed by atoms with Crippen molar-refractivity contribution in [3.05, 3.63) is 35.4 Å².